The second kappa shape index (κ2) is 8.85. The highest BCUT2D eigenvalue weighted by molar-refractivity contribution is 6.25. The molecule has 2 aromatic carbocycles. The van der Waals surface area contributed by atoms with Crippen LogP contribution in [0, 0.1) is 0 Å². The van der Waals surface area contributed by atoms with Crippen LogP contribution in [-0.4, -0.2) is 53.5 Å². The Labute approximate surface area is 204 Å². The lowest BCUT2D eigenvalue weighted by Crippen LogP contribution is -2.49. The van der Waals surface area contributed by atoms with Crippen molar-refractivity contribution in [3.8, 4) is 0 Å². The van der Waals surface area contributed by atoms with Gasteiger partial charge in [-0.15, -0.1) is 0 Å². The van der Waals surface area contributed by atoms with Gasteiger partial charge in [-0.3, -0.25) is 9.59 Å². The third-order valence-corrected chi connectivity index (χ3v) is 6.91. The van der Waals surface area contributed by atoms with Crippen molar-refractivity contribution in [1.29, 1.82) is 0 Å². The SMILES string of the molecule is CC(C)OCCCNC(=O)c1ccccc1N1C(=O)N2CCc3c([nH]c4ccccc34)C2(C)C1=O. The lowest BCUT2D eigenvalue weighted by molar-refractivity contribution is -0.125. The molecular weight excluding hydrogens is 444 g/mol. The first-order valence-electron chi connectivity index (χ1n) is 12.1. The molecule has 35 heavy (non-hydrogen) atoms. The molecule has 3 aromatic rings. The number of H-pyrrole nitrogens is 1. The highest BCUT2D eigenvalue weighted by Gasteiger charge is 2.59. The zero-order valence-electron chi connectivity index (χ0n) is 20.3. The number of imide groups is 1. The Kier molecular flexibility index (Phi) is 5.84. The molecule has 0 radical (unpaired) electrons. The maximum absolute atomic E-state index is 13.9. The third kappa shape index (κ3) is 3.69. The molecule has 3 heterocycles. The molecule has 8 heteroatoms. The van der Waals surface area contributed by atoms with Crippen molar-refractivity contribution >= 4 is 34.4 Å². The zero-order chi connectivity index (χ0) is 24.7. The van der Waals surface area contributed by atoms with Crippen molar-refractivity contribution in [3.05, 3.63) is 65.4 Å². The normalized spacial score (nSPS) is 19.4. The van der Waals surface area contributed by atoms with Crippen molar-refractivity contribution in [2.45, 2.75) is 45.3 Å². The Morgan fingerprint density at radius 2 is 1.89 bits per heavy atom. The number of carbonyl (C=O) groups excluding carboxylic acids is 3. The Morgan fingerprint density at radius 1 is 1.14 bits per heavy atom. The van der Waals surface area contributed by atoms with Crippen LogP contribution < -0.4 is 10.2 Å². The Morgan fingerprint density at radius 3 is 2.69 bits per heavy atom. The smallest absolute Gasteiger partial charge is 0.332 e. The predicted molar refractivity (Wildman–Crippen MR) is 133 cm³/mol. The molecular formula is C27H30N4O4. The molecule has 1 fully saturated rings. The molecule has 2 aliphatic heterocycles. The lowest BCUT2D eigenvalue weighted by atomic mass is 9.87. The molecule has 1 saturated heterocycles. The van der Waals surface area contributed by atoms with Gasteiger partial charge in [-0.05, 0) is 57.4 Å². The fraction of sp³-hybridized carbons (Fsp3) is 0.370. The number of hydrogen-bond acceptors (Lipinski definition) is 4. The van der Waals surface area contributed by atoms with Crippen LogP contribution in [0.5, 0.6) is 0 Å². The second-order valence-corrected chi connectivity index (χ2v) is 9.47. The second-order valence-electron chi connectivity index (χ2n) is 9.47. The van der Waals surface area contributed by atoms with Crippen LogP contribution in [0.2, 0.25) is 0 Å². The Hall–Kier alpha value is -3.65. The standard InChI is InChI=1S/C27H30N4O4/c1-17(2)35-16-8-14-28-24(32)20-10-5-7-12-22(20)31-25(33)27(3)23-19(13-15-30(27)26(31)34)18-9-4-6-11-21(18)29-23/h4-7,9-12,17,29H,8,13-16H2,1-3H3,(H,28,32). The zero-order valence-corrected chi connectivity index (χ0v) is 20.3. The van der Waals surface area contributed by atoms with Gasteiger partial charge in [0.2, 0.25) is 0 Å². The summed E-state index contributed by atoms with van der Waals surface area (Å²) < 4.78 is 5.52. The maximum Gasteiger partial charge on any atom is 0.332 e. The van der Waals surface area contributed by atoms with Gasteiger partial charge in [0.1, 0.15) is 0 Å². The average molecular weight is 475 g/mol. The monoisotopic (exact) mass is 474 g/mol. The maximum atomic E-state index is 13.9. The third-order valence-electron chi connectivity index (χ3n) is 6.91. The molecule has 5 rings (SSSR count). The number of nitrogens with zero attached hydrogens (tertiary/aromatic N) is 2. The summed E-state index contributed by atoms with van der Waals surface area (Å²) in [6.07, 6.45) is 1.46. The van der Waals surface area contributed by atoms with Gasteiger partial charge >= 0.3 is 6.03 Å². The number of aromatic amines is 1. The Balaban J connectivity index is 1.45. The average Bonchev–Trinajstić information content (AvgIpc) is 3.32. The number of amides is 4. The molecule has 2 N–H and O–H groups in total. The number of para-hydroxylation sites is 2. The summed E-state index contributed by atoms with van der Waals surface area (Å²) in [4.78, 5) is 46.7. The van der Waals surface area contributed by atoms with Gasteiger partial charge < -0.3 is 19.9 Å². The quantitative estimate of drug-likeness (QED) is 0.400. The molecule has 1 aromatic heterocycles. The molecule has 0 bridgehead atoms. The van der Waals surface area contributed by atoms with Crippen LogP contribution in [0.3, 0.4) is 0 Å². The fourth-order valence-corrected chi connectivity index (χ4v) is 5.15. The van der Waals surface area contributed by atoms with Crippen LogP contribution in [0.25, 0.3) is 10.9 Å². The lowest BCUT2D eigenvalue weighted by Gasteiger charge is -2.35. The molecule has 182 valence electrons. The first-order chi connectivity index (χ1) is 16.8. The van der Waals surface area contributed by atoms with E-state index in [4.69, 9.17) is 4.74 Å². The van der Waals surface area contributed by atoms with E-state index in [1.807, 2.05) is 38.1 Å². The van der Waals surface area contributed by atoms with Crippen LogP contribution in [0.15, 0.2) is 48.5 Å². The number of nitrogens with one attached hydrogen (secondary N) is 2. The summed E-state index contributed by atoms with van der Waals surface area (Å²) in [6, 6.07) is 14.3. The number of benzene rings is 2. The summed E-state index contributed by atoms with van der Waals surface area (Å²) in [5, 5.41) is 3.96. The van der Waals surface area contributed by atoms with E-state index in [2.05, 4.69) is 10.3 Å². The highest BCUT2D eigenvalue weighted by atomic mass is 16.5. The first-order valence-corrected chi connectivity index (χ1v) is 12.1. The minimum Gasteiger partial charge on any atom is -0.379 e. The van der Waals surface area contributed by atoms with Gasteiger partial charge in [-0.25, -0.2) is 9.69 Å². The number of rotatable bonds is 7. The van der Waals surface area contributed by atoms with E-state index in [-0.39, 0.29) is 17.9 Å². The molecule has 4 amide bonds. The van der Waals surface area contributed by atoms with Crippen molar-refractivity contribution in [2.24, 2.45) is 0 Å². The number of carbonyl (C=O) groups is 3. The van der Waals surface area contributed by atoms with Gasteiger partial charge in [0.15, 0.2) is 5.54 Å². The van der Waals surface area contributed by atoms with Crippen LogP contribution in [0.4, 0.5) is 10.5 Å². The number of fused-ring (bicyclic) bond motifs is 5. The molecule has 8 nitrogen and oxygen atoms in total. The molecule has 2 aliphatic rings. The predicted octanol–water partition coefficient (Wildman–Crippen LogP) is 3.95. The van der Waals surface area contributed by atoms with Crippen LogP contribution >= 0.6 is 0 Å². The van der Waals surface area contributed by atoms with E-state index < -0.39 is 11.6 Å². The molecule has 1 unspecified atom stereocenters. The van der Waals surface area contributed by atoms with E-state index in [1.54, 1.807) is 36.1 Å². The van der Waals surface area contributed by atoms with E-state index in [1.165, 1.54) is 0 Å². The van der Waals surface area contributed by atoms with Gasteiger partial charge in [0.25, 0.3) is 11.8 Å². The molecule has 0 spiro atoms. The van der Waals surface area contributed by atoms with Crippen LogP contribution in [-0.2, 0) is 21.5 Å². The van der Waals surface area contributed by atoms with Crippen molar-refractivity contribution in [1.82, 2.24) is 15.2 Å². The minimum absolute atomic E-state index is 0.135. The van der Waals surface area contributed by atoms with E-state index in [0.717, 1.165) is 27.1 Å². The highest BCUT2D eigenvalue weighted by Crippen LogP contribution is 2.45. The number of ether oxygens (including phenoxy) is 1. The van der Waals surface area contributed by atoms with E-state index in [0.29, 0.717) is 43.8 Å². The largest absolute Gasteiger partial charge is 0.379 e. The summed E-state index contributed by atoms with van der Waals surface area (Å²) in [5.41, 5.74) is 2.18. The van der Waals surface area contributed by atoms with Gasteiger partial charge in [0, 0.05) is 30.6 Å². The Bertz CT molecular complexity index is 1310. The molecule has 0 aliphatic carbocycles. The van der Waals surface area contributed by atoms with Crippen LogP contribution in [0.1, 0.15) is 48.8 Å². The van der Waals surface area contributed by atoms with E-state index in [9.17, 15) is 14.4 Å². The molecule has 1 atom stereocenters. The topological polar surface area (TPSA) is 94.7 Å². The number of urea groups is 1. The van der Waals surface area contributed by atoms with Crippen molar-refractivity contribution in [2.75, 3.05) is 24.6 Å². The van der Waals surface area contributed by atoms with E-state index >= 15 is 0 Å². The van der Waals surface area contributed by atoms with Gasteiger partial charge in [-0.2, -0.15) is 0 Å². The van der Waals surface area contributed by atoms with Crippen molar-refractivity contribution in [3.63, 3.8) is 0 Å². The summed E-state index contributed by atoms with van der Waals surface area (Å²) in [5.74, 6) is -0.687. The van der Waals surface area contributed by atoms with Crippen molar-refractivity contribution < 1.29 is 19.1 Å². The molecule has 0 saturated carbocycles. The number of hydrogen-bond donors (Lipinski definition) is 2. The summed E-state index contributed by atoms with van der Waals surface area (Å²) in [7, 11) is 0. The number of aromatic nitrogens is 1. The first kappa shape index (κ1) is 23.1. The van der Waals surface area contributed by atoms with Gasteiger partial charge in [-0.1, -0.05) is 30.3 Å². The van der Waals surface area contributed by atoms with Gasteiger partial charge in [0.05, 0.1) is 23.0 Å². The summed E-state index contributed by atoms with van der Waals surface area (Å²) >= 11 is 0. The minimum atomic E-state index is -1.17. The summed E-state index contributed by atoms with van der Waals surface area (Å²) in [6.45, 7) is 7.12. The fourth-order valence-electron chi connectivity index (χ4n) is 5.15. The number of anilines is 1.